The van der Waals surface area contributed by atoms with E-state index in [2.05, 4.69) is 5.32 Å². The molecule has 0 aliphatic heterocycles. The molecule has 1 rings (SSSR count). The van der Waals surface area contributed by atoms with E-state index < -0.39 is 11.6 Å². The van der Waals surface area contributed by atoms with Gasteiger partial charge in [0.25, 0.3) is 0 Å². The Bertz CT molecular complexity index is 406. The standard InChI is InChI=1S/C14H23NO4/c1-14(2,9-16)15-8-12(17)11-7-10(18-3)5-6-13(11)19-4/h5-7,12,15-17H,8-9H2,1-4H3. The highest BCUT2D eigenvalue weighted by atomic mass is 16.5. The number of β-amino-alcohol motifs (C(OH)–C–C–N with tert-alkyl or cyclic N) is 1. The molecule has 0 bridgehead atoms. The van der Waals surface area contributed by atoms with Gasteiger partial charge < -0.3 is 25.0 Å². The van der Waals surface area contributed by atoms with E-state index in [9.17, 15) is 10.2 Å². The molecule has 5 nitrogen and oxygen atoms in total. The van der Waals surface area contributed by atoms with Gasteiger partial charge in [-0.05, 0) is 32.0 Å². The summed E-state index contributed by atoms with van der Waals surface area (Å²) < 4.78 is 10.4. The lowest BCUT2D eigenvalue weighted by molar-refractivity contribution is 0.133. The zero-order valence-electron chi connectivity index (χ0n) is 11.9. The third-order valence-corrected chi connectivity index (χ3v) is 2.97. The molecule has 0 fully saturated rings. The van der Waals surface area contributed by atoms with Gasteiger partial charge in [0.15, 0.2) is 0 Å². The summed E-state index contributed by atoms with van der Waals surface area (Å²) in [6, 6.07) is 5.28. The molecule has 0 radical (unpaired) electrons. The highest BCUT2D eigenvalue weighted by Gasteiger charge is 2.20. The van der Waals surface area contributed by atoms with Gasteiger partial charge in [-0.2, -0.15) is 0 Å². The summed E-state index contributed by atoms with van der Waals surface area (Å²) in [6.45, 7) is 4.04. The van der Waals surface area contributed by atoms with E-state index in [1.54, 1.807) is 32.4 Å². The van der Waals surface area contributed by atoms with E-state index >= 15 is 0 Å². The van der Waals surface area contributed by atoms with Gasteiger partial charge >= 0.3 is 0 Å². The van der Waals surface area contributed by atoms with Crippen LogP contribution in [0.25, 0.3) is 0 Å². The Morgan fingerprint density at radius 2 is 1.95 bits per heavy atom. The van der Waals surface area contributed by atoms with Crippen molar-refractivity contribution in [1.29, 1.82) is 0 Å². The zero-order valence-corrected chi connectivity index (χ0v) is 11.9. The number of hydrogen-bond acceptors (Lipinski definition) is 5. The fraction of sp³-hybridized carbons (Fsp3) is 0.571. The molecule has 0 aromatic heterocycles. The first-order valence-corrected chi connectivity index (χ1v) is 6.19. The lowest BCUT2D eigenvalue weighted by Crippen LogP contribution is -2.44. The van der Waals surface area contributed by atoms with Crippen molar-refractivity contribution in [3.8, 4) is 11.5 Å². The fourth-order valence-corrected chi connectivity index (χ4v) is 1.64. The van der Waals surface area contributed by atoms with Gasteiger partial charge in [-0.3, -0.25) is 0 Å². The maximum Gasteiger partial charge on any atom is 0.124 e. The van der Waals surface area contributed by atoms with Gasteiger partial charge in [0.2, 0.25) is 0 Å². The molecule has 1 aromatic rings. The van der Waals surface area contributed by atoms with Crippen molar-refractivity contribution in [3.05, 3.63) is 23.8 Å². The smallest absolute Gasteiger partial charge is 0.124 e. The van der Waals surface area contributed by atoms with Crippen molar-refractivity contribution >= 4 is 0 Å². The second kappa shape index (κ2) is 6.75. The van der Waals surface area contributed by atoms with Gasteiger partial charge in [0, 0.05) is 17.6 Å². The Hall–Kier alpha value is -1.30. The summed E-state index contributed by atoms with van der Waals surface area (Å²) in [7, 11) is 3.13. The minimum atomic E-state index is -0.740. The first kappa shape index (κ1) is 15.8. The average molecular weight is 269 g/mol. The molecule has 1 aromatic carbocycles. The minimum absolute atomic E-state index is 0.00499. The van der Waals surface area contributed by atoms with Crippen LogP contribution in [0.2, 0.25) is 0 Å². The number of ether oxygens (including phenoxy) is 2. The van der Waals surface area contributed by atoms with Crippen LogP contribution in [0.4, 0.5) is 0 Å². The van der Waals surface area contributed by atoms with Crippen LogP contribution >= 0.6 is 0 Å². The van der Waals surface area contributed by atoms with Gasteiger partial charge in [-0.1, -0.05) is 0 Å². The van der Waals surface area contributed by atoms with Crippen LogP contribution in [0.15, 0.2) is 18.2 Å². The predicted molar refractivity (Wildman–Crippen MR) is 73.7 cm³/mol. The molecule has 3 N–H and O–H groups in total. The minimum Gasteiger partial charge on any atom is -0.497 e. The number of benzene rings is 1. The highest BCUT2D eigenvalue weighted by molar-refractivity contribution is 5.41. The van der Waals surface area contributed by atoms with Crippen LogP contribution in [0, 0.1) is 0 Å². The molecule has 1 unspecified atom stereocenters. The van der Waals surface area contributed by atoms with Crippen LogP contribution in [-0.4, -0.2) is 43.1 Å². The topological polar surface area (TPSA) is 71.0 Å². The van der Waals surface area contributed by atoms with Gasteiger partial charge in [-0.25, -0.2) is 0 Å². The Labute approximate surface area is 114 Å². The number of rotatable bonds is 7. The molecule has 0 saturated heterocycles. The Morgan fingerprint density at radius 1 is 1.26 bits per heavy atom. The van der Waals surface area contributed by atoms with Crippen molar-refractivity contribution in [2.75, 3.05) is 27.4 Å². The summed E-state index contributed by atoms with van der Waals surface area (Å²) in [4.78, 5) is 0. The largest absolute Gasteiger partial charge is 0.497 e. The number of hydrogen-bond donors (Lipinski definition) is 3. The maximum atomic E-state index is 10.2. The summed E-state index contributed by atoms with van der Waals surface area (Å²) in [6.07, 6.45) is -0.740. The number of aliphatic hydroxyl groups excluding tert-OH is 2. The van der Waals surface area contributed by atoms with Crippen LogP contribution in [-0.2, 0) is 0 Å². The van der Waals surface area contributed by atoms with Crippen LogP contribution in [0.1, 0.15) is 25.5 Å². The van der Waals surface area contributed by atoms with E-state index in [0.29, 0.717) is 23.6 Å². The summed E-state index contributed by atoms with van der Waals surface area (Å²) >= 11 is 0. The summed E-state index contributed by atoms with van der Waals surface area (Å²) in [5.74, 6) is 1.27. The Kier molecular flexibility index (Phi) is 5.60. The van der Waals surface area contributed by atoms with Crippen molar-refractivity contribution in [2.45, 2.75) is 25.5 Å². The van der Waals surface area contributed by atoms with Crippen molar-refractivity contribution < 1.29 is 19.7 Å². The van der Waals surface area contributed by atoms with Crippen LogP contribution in [0.5, 0.6) is 11.5 Å². The average Bonchev–Trinajstić information content (AvgIpc) is 2.44. The first-order chi connectivity index (χ1) is 8.93. The number of aliphatic hydroxyl groups is 2. The van der Waals surface area contributed by atoms with Crippen LogP contribution < -0.4 is 14.8 Å². The molecule has 108 valence electrons. The number of nitrogens with one attached hydrogen (secondary N) is 1. The maximum absolute atomic E-state index is 10.2. The zero-order chi connectivity index (χ0) is 14.5. The second-order valence-corrected chi connectivity index (χ2v) is 5.05. The molecule has 0 aliphatic rings. The molecule has 0 amide bonds. The molecular weight excluding hydrogens is 246 g/mol. The van der Waals surface area contributed by atoms with Gasteiger partial charge in [0.05, 0.1) is 26.9 Å². The molecule has 5 heteroatoms. The first-order valence-electron chi connectivity index (χ1n) is 6.19. The third-order valence-electron chi connectivity index (χ3n) is 2.97. The quantitative estimate of drug-likeness (QED) is 0.691. The molecule has 19 heavy (non-hydrogen) atoms. The molecule has 0 spiro atoms. The SMILES string of the molecule is COc1ccc(OC)c(C(O)CNC(C)(C)CO)c1. The molecule has 0 heterocycles. The summed E-state index contributed by atoms with van der Waals surface area (Å²) in [5, 5.41) is 22.5. The lowest BCUT2D eigenvalue weighted by Gasteiger charge is -2.26. The highest BCUT2D eigenvalue weighted by Crippen LogP contribution is 2.29. The van der Waals surface area contributed by atoms with Gasteiger partial charge in [-0.15, -0.1) is 0 Å². The Morgan fingerprint density at radius 3 is 2.47 bits per heavy atom. The van der Waals surface area contributed by atoms with E-state index in [4.69, 9.17) is 9.47 Å². The molecule has 1 atom stereocenters. The van der Waals surface area contributed by atoms with Gasteiger partial charge in [0.1, 0.15) is 11.5 Å². The lowest BCUT2D eigenvalue weighted by atomic mass is 10.0. The van der Waals surface area contributed by atoms with E-state index in [0.717, 1.165) is 0 Å². The third kappa shape index (κ3) is 4.38. The second-order valence-electron chi connectivity index (χ2n) is 5.05. The monoisotopic (exact) mass is 269 g/mol. The number of methoxy groups -OCH3 is 2. The fourth-order valence-electron chi connectivity index (χ4n) is 1.64. The normalized spacial score (nSPS) is 13.2. The van der Waals surface area contributed by atoms with Crippen molar-refractivity contribution in [3.63, 3.8) is 0 Å². The van der Waals surface area contributed by atoms with Crippen molar-refractivity contribution in [2.24, 2.45) is 0 Å². The van der Waals surface area contributed by atoms with E-state index in [1.165, 1.54) is 0 Å². The molecule has 0 aliphatic carbocycles. The Balaban J connectivity index is 2.82. The van der Waals surface area contributed by atoms with E-state index in [-0.39, 0.29) is 6.61 Å². The molecule has 0 saturated carbocycles. The summed E-state index contributed by atoms with van der Waals surface area (Å²) in [5.41, 5.74) is 0.218. The predicted octanol–water partition coefficient (Wildman–Crippen LogP) is 1.10. The van der Waals surface area contributed by atoms with Crippen LogP contribution in [0.3, 0.4) is 0 Å². The van der Waals surface area contributed by atoms with Crippen molar-refractivity contribution in [1.82, 2.24) is 5.32 Å². The molecular formula is C14H23NO4. The van der Waals surface area contributed by atoms with E-state index in [1.807, 2.05) is 13.8 Å².